The van der Waals surface area contributed by atoms with Gasteiger partial charge in [-0.05, 0) is 36.4 Å². The van der Waals surface area contributed by atoms with E-state index in [0.717, 1.165) is 30.0 Å². The molecule has 1 amide bonds. The van der Waals surface area contributed by atoms with Crippen LogP contribution in [0.25, 0.3) is 17.1 Å². The highest BCUT2D eigenvalue weighted by Gasteiger charge is 2.24. The average molecular weight is 558 g/mol. The number of hydrogen-bond donors (Lipinski definition) is 1. The van der Waals surface area contributed by atoms with Crippen LogP contribution < -0.4 is 5.32 Å². The molecule has 0 atom stereocenters. The number of benzene rings is 3. The first-order chi connectivity index (χ1) is 18.2. The van der Waals surface area contributed by atoms with E-state index in [1.807, 2.05) is 30.3 Å². The van der Waals surface area contributed by atoms with Crippen LogP contribution in [0.5, 0.6) is 0 Å². The summed E-state index contributed by atoms with van der Waals surface area (Å²) in [6.45, 7) is 4.23. The number of halogens is 2. The Morgan fingerprint density at radius 1 is 0.974 bits per heavy atom. The van der Waals surface area contributed by atoms with Crippen molar-refractivity contribution in [3.8, 4) is 17.1 Å². The number of nitrogens with one attached hydrogen (secondary N) is 1. The molecule has 198 valence electrons. The monoisotopic (exact) mass is 557 g/mol. The first kappa shape index (κ1) is 27.4. The van der Waals surface area contributed by atoms with Crippen molar-refractivity contribution in [2.24, 2.45) is 0 Å². The lowest BCUT2D eigenvalue weighted by Crippen LogP contribution is -2.30. The second kappa shape index (κ2) is 11.8. The van der Waals surface area contributed by atoms with Crippen molar-refractivity contribution in [2.75, 3.05) is 24.2 Å². The van der Waals surface area contributed by atoms with Crippen molar-refractivity contribution < 1.29 is 22.0 Å². The van der Waals surface area contributed by atoms with Crippen molar-refractivity contribution in [1.82, 2.24) is 19.1 Å². The molecular weight excluding hydrogens is 532 g/mol. The fourth-order valence-electron chi connectivity index (χ4n) is 3.78. The Morgan fingerprint density at radius 3 is 2.42 bits per heavy atom. The molecule has 0 aliphatic rings. The van der Waals surface area contributed by atoms with Gasteiger partial charge in [-0.25, -0.2) is 17.2 Å². The van der Waals surface area contributed by atoms with Crippen molar-refractivity contribution in [1.29, 1.82) is 0 Å². The molecule has 0 aliphatic heterocycles. The number of anilines is 1. The maximum absolute atomic E-state index is 13.9. The van der Waals surface area contributed by atoms with Crippen LogP contribution in [0, 0.1) is 11.6 Å². The first-order valence-corrected chi connectivity index (χ1v) is 14.2. The van der Waals surface area contributed by atoms with Gasteiger partial charge >= 0.3 is 0 Å². The zero-order valence-electron chi connectivity index (χ0n) is 20.6. The van der Waals surface area contributed by atoms with Crippen LogP contribution in [0.4, 0.5) is 14.5 Å². The molecule has 0 saturated carbocycles. The lowest BCUT2D eigenvalue weighted by Gasteiger charge is -2.19. The van der Waals surface area contributed by atoms with Gasteiger partial charge in [-0.2, -0.15) is 4.31 Å². The number of carbonyl (C=O) groups is 1. The van der Waals surface area contributed by atoms with Crippen LogP contribution in [0.15, 0.2) is 82.8 Å². The number of nitrogens with zero attached hydrogens (tertiary/aromatic N) is 4. The molecule has 1 N–H and O–H groups in total. The van der Waals surface area contributed by atoms with Gasteiger partial charge in [0.05, 0.1) is 16.3 Å². The third-order valence-electron chi connectivity index (χ3n) is 5.62. The second-order valence-corrected chi connectivity index (χ2v) is 10.9. The van der Waals surface area contributed by atoms with Gasteiger partial charge in [-0.3, -0.25) is 9.36 Å². The molecule has 0 fully saturated rings. The van der Waals surface area contributed by atoms with E-state index in [1.165, 1.54) is 10.4 Å². The topological polar surface area (TPSA) is 97.2 Å². The van der Waals surface area contributed by atoms with Crippen LogP contribution in [0.1, 0.15) is 13.8 Å². The predicted octanol–water partition coefficient (Wildman–Crippen LogP) is 4.97. The van der Waals surface area contributed by atoms with Gasteiger partial charge in [0.15, 0.2) is 11.0 Å². The molecule has 0 radical (unpaired) electrons. The van der Waals surface area contributed by atoms with Crippen LogP contribution in [-0.4, -0.2) is 52.2 Å². The van der Waals surface area contributed by atoms with Gasteiger partial charge in [0, 0.05) is 30.4 Å². The average Bonchev–Trinajstić information content (AvgIpc) is 3.35. The Kier molecular flexibility index (Phi) is 8.55. The highest BCUT2D eigenvalue weighted by Crippen LogP contribution is 2.30. The molecule has 12 heteroatoms. The van der Waals surface area contributed by atoms with E-state index in [9.17, 15) is 22.0 Å². The largest absolute Gasteiger partial charge is 0.323 e. The Bertz CT molecular complexity index is 1540. The fraction of sp³-hybridized carbons (Fsp3) is 0.192. The van der Waals surface area contributed by atoms with E-state index >= 15 is 0 Å². The summed E-state index contributed by atoms with van der Waals surface area (Å²) < 4.78 is 56.6. The smallest absolute Gasteiger partial charge is 0.243 e. The molecule has 0 bridgehead atoms. The maximum atomic E-state index is 13.9. The SMILES string of the molecule is CCN(CC)S(=O)(=O)c1cccc(-c2nnc(SCC(=O)Nc3cc(F)ccc3F)n2-c2ccccc2)c1. The van der Waals surface area contributed by atoms with Gasteiger partial charge in [0.2, 0.25) is 15.9 Å². The molecule has 8 nitrogen and oxygen atoms in total. The number of amides is 1. The standard InChI is InChI=1S/C26H25F2N5O3S2/c1-3-32(4-2)38(35,36)21-12-8-9-18(15-21)25-30-31-26(33(25)20-10-6-5-7-11-20)37-17-24(34)29-23-16-19(27)13-14-22(23)28/h5-16H,3-4,17H2,1-2H3,(H,29,34). The maximum Gasteiger partial charge on any atom is 0.243 e. The molecular formula is C26H25F2N5O3S2. The summed E-state index contributed by atoms with van der Waals surface area (Å²) in [5.74, 6) is -1.76. The van der Waals surface area contributed by atoms with Crippen LogP contribution in [0.3, 0.4) is 0 Å². The summed E-state index contributed by atoms with van der Waals surface area (Å²) >= 11 is 1.05. The minimum Gasteiger partial charge on any atom is -0.323 e. The lowest BCUT2D eigenvalue weighted by molar-refractivity contribution is -0.113. The number of para-hydroxylation sites is 1. The molecule has 0 saturated heterocycles. The molecule has 3 aromatic carbocycles. The van der Waals surface area contributed by atoms with E-state index in [0.29, 0.717) is 35.3 Å². The highest BCUT2D eigenvalue weighted by molar-refractivity contribution is 7.99. The van der Waals surface area contributed by atoms with Gasteiger partial charge in [-0.15, -0.1) is 10.2 Å². The third-order valence-corrected chi connectivity index (χ3v) is 8.59. The van der Waals surface area contributed by atoms with Gasteiger partial charge in [0.25, 0.3) is 0 Å². The molecule has 0 spiro atoms. The summed E-state index contributed by atoms with van der Waals surface area (Å²) in [6.07, 6.45) is 0. The molecule has 1 aromatic heterocycles. The minimum atomic E-state index is -3.70. The van der Waals surface area contributed by atoms with Gasteiger partial charge in [0.1, 0.15) is 11.6 Å². The zero-order valence-corrected chi connectivity index (χ0v) is 22.3. The van der Waals surface area contributed by atoms with Crippen molar-refractivity contribution >= 4 is 33.4 Å². The number of hydrogen-bond acceptors (Lipinski definition) is 6. The second-order valence-electron chi connectivity index (χ2n) is 8.06. The normalized spacial score (nSPS) is 11.6. The Hall–Kier alpha value is -3.61. The highest BCUT2D eigenvalue weighted by atomic mass is 32.2. The molecule has 38 heavy (non-hydrogen) atoms. The van der Waals surface area contributed by atoms with Crippen molar-refractivity contribution in [3.63, 3.8) is 0 Å². The van der Waals surface area contributed by atoms with Crippen LogP contribution in [0.2, 0.25) is 0 Å². The molecule has 4 aromatic rings. The van der Waals surface area contributed by atoms with Gasteiger partial charge < -0.3 is 5.32 Å². The van der Waals surface area contributed by atoms with Crippen molar-refractivity contribution in [3.05, 3.63) is 84.4 Å². The van der Waals surface area contributed by atoms with E-state index < -0.39 is 27.6 Å². The van der Waals surface area contributed by atoms with Crippen LogP contribution in [-0.2, 0) is 14.8 Å². The summed E-state index contributed by atoms with van der Waals surface area (Å²) in [6, 6.07) is 18.4. The van der Waals surface area contributed by atoms with Gasteiger partial charge in [-0.1, -0.05) is 55.9 Å². The fourth-order valence-corrected chi connectivity index (χ4v) is 6.03. The van der Waals surface area contributed by atoms with Crippen LogP contribution >= 0.6 is 11.8 Å². The number of aromatic nitrogens is 3. The summed E-state index contributed by atoms with van der Waals surface area (Å²) in [7, 11) is -3.70. The van der Waals surface area contributed by atoms with E-state index in [4.69, 9.17) is 0 Å². The summed E-state index contributed by atoms with van der Waals surface area (Å²) in [5.41, 5.74) is 0.961. The molecule has 0 aliphatic carbocycles. The third kappa shape index (κ3) is 5.93. The Labute approximate surface area is 223 Å². The summed E-state index contributed by atoms with van der Waals surface area (Å²) in [5, 5.41) is 11.3. The molecule has 0 unspecified atom stereocenters. The van der Waals surface area contributed by atoms with Crippen molar-refractivity contribution in [2.45, 2.75) is 23.9 Å². The minimum absolute atomic E-state index is 0.131. The molecule has 1 heterocycles. The van der Waals surface area contributed by atoms with E-state index in [-0.39, 0.29) is 16.3 Å². The number of sulfonamides is 1. The quantitative estimate of drug-likeness (QED) is 0.277. The first-order valence-electron chi connectivity index (χ1n) is 11.7. The Balaban J connectivity index is 1.66. The van der Waals surface area contributed by atoms with E-state index in [1.54, 1.807) is 36.6 Å². The number of carbonyl (C=O) groups excluding carboxylic acids is 1. The number of thioether (sulfide) groups is 1. The van der Waals surface area contributed by atoms with E-state index in [2.05, 4.69) is 15.5 Å². The molecule has 4 rings (SSSR count). The predicted molar refractivity (Wildman–Crippen MR) is 143 cm³/mol. The summed E-state index contributed by atoms with van der Waals surface area (Å²) in [4.78, 5) is 12.6. The Morgan fingerprint density at radius 2 is 1.71 bits per heavy atom. The number of rotatable bonds is 10. The lowest BCUT2D eigenvalue weighted by atomic mass is 10.2. The zero-order chi connectivity index (χ0) is 27.3.